The monoisotopic (exact) mass is 374 g/mol. The van der Waals surface area contributed by atoms with Crippen molar-refractivity contribution in [2.24, 2.45) is 11.8 Å². The minimum absolute atomic E-state index is 0.170. The van der Waals surface area contributed by atoms with Crippen molar-refractivity contribution in [2.75, 3.05) is 10.6 Å². The number of benzene rings is 1. The summed E-state index contributed by atoms with van der Waals surface area (Å²) >= 11 is 12.0. The van der Waals surface area contributed by atoms with E-state index in [2.05, 4.69) is 21.7 Å². The predicted molar refractivity (Wildman–Crippen MR) is 94.5 cm³/mol. The zero-order valence-electron chi connectivity index (χ0n) is 12.8. The molecular formula is C17H12Cl2N4O2. The average molecular weight is 375 g/mol. The molecule has 1 heterocycles. The molecule has 1 saturated carbocycles. The zero-order chi connectivity index (χ0) is 18.0. The molecule has 1 aromatic carbocycles. The summed E-state index contributed by atoms with van der Waals surface area (Å²) in [5.41, 5.74) is 0.599. The van der Waals surface area contributed by atoms with E-state index in [0.29, 0.717) is 12.1 Å². The second kappa shape index (κ2) is 7.09. The first-order valence-corrected chi connectivity index (χ1v) is 8.17. The first kappa shape index (κ1) is 17.2. The molecule has 1 aliphatic rings. The summed E-state index contributed by atoms with van der Waals surface area (Å²) in [7, 11) is 0. The molecule has 1 fully saturated rings. The van der Waals surface area contributed by atoms with Gasteiger partial charge in [-0.2, -0.15) is 5.26 Å². The Morgan fingerprint density at radius 3 is 2.56 bits per heavy atom. The van der Waals surface area contributed by atoms with Gasteiger partial charge in [-0.05, 0) is 24.6 Å². The Hall–Kier alpha value is -2.62. The van der Waals surface area contributed by atoms with Gasteiger partial charge in [0, 0.05) is 18.0 Å². The van der Waals surface area contributed by atoms with Gasteiger partial charge in [0.15, 0.2) is 0 Å². The minimum Gasteiger partial charge on any atom is -0.322 e. The first-order valence-electron chi connectivity index (χ1n) is 7.41. The predicted octanol–water partition coefficient (Wildman–Crippen LogP) is 3.74. The topological polar surface area (TPSA) is 94.9 Å². The molecule has 0 unspecified atom stereocenters. The van der Waals surface area contributed by atoms with Crippen LogP contribution in [-0.4, -0.2) is 16.8 Å². The molecule has 2 atom stereocenters. The highest BCUT2D eigenvalue weighted by molar-refractivity contribution is 6.40. The normalized spacial score (nSPS) is 18.1. The Kier molecular flexibility index (Phi) is 4.88. The number of halogens is 2. The molecule has 0 radical (unpaired) electrons. The number of amides is 2. The van der Waals surface area contributed by atoms with Crippen LogP contribution in [0.1, 0.15) is 16.8 Å². The van der Waals surface area contributed by atoms with Crippen LogP contribution in [0.25, 0.3) is 0 Å². The van der Waals surface area contributed by atoms with Gasteiger partial charge in [-0.15, -0.1) is 0 Å². The van der Waals surface area contributed by atoms with Gasteiger partial charge in [0.25, 0.3) is 5.91 Å². The number of aromatic nitrogens is 1. The molecule has 2 amide bonds. The Morgan fingerprint density at radius 2 is 1.92 bits per heavy atom. The first-order chi connectivity index (χ1) is 12.0. The highest BCUT2D eigenvalue weighted by Crippen LogP contribution is 2.38. The molecule has 0 aliphatic heterocycles. The summed E-state index contributed by atoms with van der Waals surface area (Å²) in [5.74, 6) is -0.962. The fraction of sp³-hybridized carbons (Fsp3) is 0.176. The molecule has 8 heteroatoms. The van der Waals surface area contributed by atoms with Crippen molar-refractivity contribution >= 4 is 46.5 Å². The number of carbonyl (C=O) groups excluding carboxylic acids is 2. The lowest BCUT2D eigenvalue weighted by atomic mass is 10.2. The Morgan fingerprint density at radius 1 is 1.20 bits per heavy atom. The fourth-order valence-electron chi connectivity index (χ4n) is 2.33. The third-order valence-corrected chi connectivity index (χ3v) is 4.38. The quantitative estimate of drug-likeness (QED) is 0.851. The number of anilines is 2. The largest absolute Gasteiger partial charge is 0.322 e. The van der Waals surface area contributed by atoms with E-state index in [-0.39, 0.29) is 39.2 Å². The van der Waals surface area contributed by atoms with Crippen LogP contribution < -0.4 is 10.6 Å². The highest BCUT2D eigenvalue weighted by atomic mass is 35.5. The third-order valence-electron chi connectivity index (χ3n) is 3.75. The smallest absolute Gasteiger partial charge is 0.258 e. The number of pyridine rings is 1. The molecule has 3 rings (SSSR count). The van der Waals surface area contributed by atoms with Gasteiger partial charge in [-0.25, -0.2) is 4.98 Å². The van der Waals surface area contributed by atoms with Crippen molar-refractivity contribution < 1.29 is 9.59 Å². The van der Waals surface area contributed by atoms with Crippen LogP contribution in [0.3, 0.4) is 0 Å². The maximum Gasteiger partial charge on any atom is 0.258 e. The molecule has 1 aliphatic carbocycles. The van der Waals surface area contributed by atoms with Crippen molar-refractivity contribution in [3.05, 3.63) is 52.1 Å². The lowest BCUT2D eigenvalue weighted by Gasteiger charge is -2.10. The van der Waals surface area contributed by atoms with Gasteiger partial charge in [-0.1, -0.05) is 29.3 Å². The molecular weight excluding hydrogens is 363 g/mol. The van der Waals surface area contributed by atoms with Gasteiger partial charge < -0.3 is 10.6 Å². The van der Waals surface area contributed by atoms with Crippen LogP contribution in [0, 0.1) is 23.2 Å². The number of rotatable bonds is 4. The summed E-state index contributed by atoms with van der Waals surface area (Å²) < 4.78 is 0. The number of nitriles is 1. The van der Waals surface area contributed by atoms with E-state index in [4.69, 9.17) is 28.5 Å². The SMILES string of the molecule is N#C[C@H]1C[C@H]1C(=O)Nc1cc(NC(=O)c2c(Cl)cccc2Cl)ccn1. The number of hydrogen-bond acceptors (Lipinski definition) is 4. The number of hydrogen-bond donors (Lipinski definition) is 2. The van der Waals surface area contributed by atoms with E-state index in [1.165, 1.54) is 12.3 Å². The maximum absolute atomic E-state index is 12.4. The van der Waals surface area contributed by atoms with Gasteiger partial charge in [0.2, 0.25) is 5.91 Å². The van der Waals surface area contributed by atoms with Crippen LogP contribution in [0.2, 0.25) is 10.0 Å². The molecule has 1 aromatic heterocycles. The number of nitrogens with one attached hydrogen (secondary N) is 2. The second-order valence-corrected chi connectivity index (χ2v) is 6.36. The third kappa shape index (κ3) is 3.90. The molecule has 0 bridgehead atoms. The van der Waals surface area contributed by atoms with Gasteiger partial charge in [0.1, 0.15) is 5.82 Å². The number of nitrogens with zero attached hydrogens (tertiary/aromatic N) is 2. The van der Waals surface area contributed by atoms with Crippen molar-refractivity contribution in [1.82, 2.24) is 4.98 Å². The van der Waals surface area contributed by atoms with Gasteiger partial charge in [-0.3, -0.25) is 9.59 Å². The minimum atomic E-state index is -0.467. The summed E-state index contributed by atoms with van der Waals surface area (Å²) in [6.45, 7) is 0. The van der Waals surface area contributed by atoms with Crippen LogP contribution in [0.15, 0.2) is 36.5 Å². The average Bonchev–Trinajstić information content (AvgIpc) is 3.35. The second-order valence-electron chi connectivity index (χ2n) is 5.55. The van der Waals surface area contributed by atoms with Crippen molar-refractivity contribution in [2.45, 2.75) is 6.42 Å². The fourth-order valence-corrected chi connectivity index (χ4v) is 2.90. The molecule has 126 valence electrons. The van der Waals surface area contributed by atoms with Crippen LogP contribution in [0.4, 0.5) is 11.5 Å². The highest BCUT2D eigenvalue weighted by Gasteiger charge is 2.43. The zero-order valence-corrected chi connectivity index (χ0v) is 14.3. The summed E-state index contributed by atoms with van der Waals surface area (Å²) in [4.78, 5) is 28.4. The van der Waals surface area contributed by atoms with Crippen LogP contribution >= 0.6 is 23.2 Å². The Bertz CT molecular complexity index is 874. The molecule has 6 nitrogen and oxygen atoms in total. The van der Waals surface area contributed by atoms with Crippen molar-refractivity contribution in [1.29, 1.82) is 5.26 Å². The van der Waals surface area contributed by atoms with Crippen LogP contribution in [-0.2, 0) is 4.79 Å². The Labute approximate surface area is 153 Å². The summed E-state index contributed by atoms with van der Waals surface area (Å²) in [5, 5.41) is 14.6. The van der Waals surface area contributed by atoms with E-state index in [9.17, 15) is 9.59 Å². The summed E-state index contributed by atoms with van der Waals surface area (Å²) in [6, 6.07) is 9.94. The number of carbonyl (C=O) groups is 2. The van der Waals surface area contributed by atoms with E-state index in [1.54, 1.807) is 24.3 Å². The Balaban J connectivity index is 1.71. The van der Waals surface area contributed by atoms with Crippen molar-refractivity contribution in [3.63, 3.8) is 0 Å². The standard InChI is InChI=1S/C17H12Cl2N4O2/c18-12-2-1-3-13(19)15(12)17(25)22-10-4-5-21-14(7-10)23-16(24)11-6-9(11)8-20/h1-5,7,9,11H,6H2,(H2,21,22,23,24,25)/t9-,11-/m1/s1. The summed E-state index contributed by atoms with van der Waals surface area (Å²) in [6.07, 6.45) is 2.01. The van der Waals surface area contributed by atoms with E-state index in [1.807, 2.05) is 0 Å². The van der Waals surface area contributed by atoms with Crippen molar-refractivity contribution in [3.8, 4) is 6.07 Å². The van der Waals surface area contributed by atoms with E-state index < -0.39 is 5.91 Å². The van der Waals surface area contributed by atoms with E-state index >= 15 is 0 Å². The van der Waals surface area contributed by atoms with Gasteiger partial charge >= 0.3 is 0 Å². The maximum atomic E-state index is 12.4. The molecule has 0 saturated heterocycles. The molecule has 2 aromatic rings. The van der Waals surface area contributed by atoms with Crippen LogP contribution in [0.5, 0.6) is 0 Å². The van der Waals surface area contributed by atoms with Gasteiger partial charge in [0.05, 0.1) is 33.5 Å². The lowest BCUT2D eigenvalue weighted by molar-refractivity contribution is -0.117. The lowest BCUT2D eigenvalue weighted by Crippen LogP contribution is -2.17. The van der Waals surface area contributed by atoms with E-state index in [0.717, 1.165) is 0 Å². The molecule has 2 N–H and O–H groups in total. The molecule has 0 spiro atoms. The molecule has 25 heavy (non-hydrogen) atoms.